The van der Waals surface area contributed by atoms with Crippen molar-refractivity contribution < 1.29 is 22.4 Å². The van der Waals surface area contributed by atoms with E-state index in [9.17, 15) is 22.4 Å². The fraction of sp³-hybridized carbons (Fsp3) is 0.364. The first-order valence-electron chi connectivity index (χ1n) is 10.00. The molecule has 1 atom stereocenters. The second kappa shape index (κ2) is 10.8. The van der Waals surface area contributed by atoms with Crippen LogP contribution in [0.25, 0.3) is 0 Å². The van der Waals surface area contributed by atoms with Gasteiger partial charge in [-0.05, 0) is 44.5 Å². The zero-order valence-electron chi connectivity index (χ0n) is 18.4. The molecule has 0 heterocycles. The highest BCUT2D eigenvalue weighted by Gasteiger charge is 2.30. The van der Waals surface area contributed by atoms with E-state index in [1.165, 1.54) is 31.2 Å². The first-order valence-corrected chi connectivity index (χ1v) is 12.2. The summed E-state index contributed by atoms with van der Waals surface area (Å²) in [7, 11) is -3.86. The summed E-state index contributed by atoms with van der Waals surface area (Å²) in [6.45, 7) is 4.60. The zero-order chi connectivity index (χ0) is 24.1. The number of sulfonamides is 1. The molecule has 0 aromatic heterocycles. The number of nitrogens with zero attached hydrogens (tertiary/aromatic N) is 2. The molecule has 1 N–H and O–H groups in total. The molecule has 0 radical (unpaired) electrons. The van der Waals surface area contributed by atoms with Gasteiger partial charge in [-0.1, -0.05) is 35.9 Å². The Hall–Kier alpha value is -2.65. The molecule has 2 aromatic rings. The van der Waals surface area contributed by atoms with Crippen molar-refractivity contribution in [3.63, 3.8) is 0 Å². The Morgan fingerprint density at radius 3 is 2.41 bits per heavy atom. The number of carbonyl (C=O) groups is 2. The van der Waals surface area contributed by atoms with Gasteiger partial charge in [-0.3, -0.25) is 13.9 Å². The summed E-state index contributed by atoms with van der Waals surface area (Å²) in [5.41, 5.74) is 1.18. The van der Waals surface area contributed by atoms with Gasteiger partial charge >= 0.3 is 0 Å². The average molecular weight is 484 g/mol. The molecule has 0 aliphatic heterocycles. The number of likely N-dealkylation sites (N-methyl/N-ethyl adjacent to an activating group) is 1. The molecule has 0 fully saturated rings. The highest BCUT2D eigenvalue weighted by molar-refractivity contribution is 7.92. The lowest BCUT2D eigenvalue weighted by Crippen LogP contribution is -2.51. The number of amides is 2. The molecule has 2 amide bonds. The molecule has 2 aromatic carbocycles. The Kier molecular flexibility index (Phi) is 8.63. The van der Waals surface area contributed by atoms with E-state index >= 15 is 0 Å². The van der Waals surface area contributed by atoms with Crippen molar-refractivity contribution in [2.45, 2.75) is 33.4 Å². The molecule has 0 saturated heterocycles. The van der Waals surface area contributed by atoms with Crippen molar-refractivity contribution in [3.8, 4) is 0 Å². The topological polar surface area (TPSA) is 86.8 Å². The number of anilines is 1. The fourth-order valence-corrected chi connectivity index (χ4v) is 4.08. The molecular weight excluding hydrogens is 457 g/mol. The minimum Gasteiger partial charge on any atom is -0.355 e. The minimum atomic E-state index is -3.86. The van der Waals surface area contributed by atoms with Gasteiger partial charge in [0, 0.05) is 23.7 Å². The monoisotopic (exact) mass is 483 g/mol. The van der Waals surface area contributed by atoms with Gasteiger partial charge < -0.3 is 10.2 Å². The molecule has 32 heavy (non-hydrogen) atoms. The van der Waals surface area contributed by atoms with E-state index in [4.69, 9.17) is 11.6 Å². The van der Waals surface area contributed by atoms with Gasteiger partial charge in [0.2, 0.25) is 21.8 Å². The lowest BCUT2D eigenvalue weighted by atomic mass is 10.1. The number of nitrogens with one attached hydrogen (secondary N) is 1. The third-order valence-corrected chi connectivity index (χ3v) is 6.49. The number of benzene rings is 2. The summed E-state index contributed by atoms with van der Waals surface area (Å²) in [6.07, 6.45) is 0.975. The SMILES string of the molecule is CCNC(=O)[C@@H](C)N(Cc1ccccc1F)C(=O)CN(c1ccc(C)c(Cl)c1)S(C)(=O)=O. The third kappa shape index (κ3) is 6.43. The Morgan fingerprint density at radius 2 is 1.84 bits per heavy atom. The maximum atomic E-state index is 14.3. The predicted octanol–water partition coefficient (Wildman–Crippen LogP) is 3.11. The van der Waals surface area contributed by atoms with E-state index in [1.54, 1.807) is 32.0 Å². The first-order chi connectivity index (χ1) is 15.0. The lowest BCUT2D eigenvalue weighted by Gasteiger charge is -2.31. The van der Waals surface area contributed by atoms with Gasteiger partial charge in [0.25, 0.3) is 0 Å². The van der Waals surface area contributed by atoms with Crippen molar-refractivity contribution in [1.82, 2.24) is 10.2 Å². The van der Waals surface area contributed by atoms with E-state index in [-0.39, 0.29) is 17.8 Å². The van der Waals surface area contributed by atoms with E-state index < -0.39 is 40.2 Å². The first kappa shape index (κ1) is 25.6. The van der Waals surface area contributed by atoms with Crippen LogP contribution in [0.2, 0.25) is 5.02 Å². The van der Waals surface area contributed by atoms with Crippen LogP contribution in [0, 0.1) is 12.7 Å². The van der Waals surface area contributed by atoms with E-state index in [2.05, 4.69) is 5.32 Å². The van der Waals surface area contributed by atoms with E-state index in [0.29, 0.717) is 11.6 Å². The molecular formula is C22H27ClFN3O4S. The Bertz CT molecular complexity index is 1090. The fourth-order valence-electron chi connectivity index (χ4n) is 3.07. The van der Waals surface area contributed by atoms with Crippen molar-refractivity contribution in [1.29, 1.82) is 0 Å². The molecule has 0 spiro atoms. The molecule has 0 saturated carbocycles. The smallest absolute Gasteiger partial charge is 0.244 e. The summed E-state index contributed by atoms with van der Waals surface area (Å²) in [5.74, 6) is -1.62. The maximum absolute atomic E-state index is 14.3. The number of hydrogen-bond acceptors (Lipinski definition) is 4. The second-order valence-electron chi connectivity index (χ2n) is 7.39. The summed E-state index contributed by atoms with van der Waals surface area (Å²) < 4.78 is 40.1. The Labute approximate surface area is 193 Å². The summed E-state index contributed by atoms with van der Waals surface area (Å²) in [5, 5.41) is 2.98. The van der Waals surface area contributed by atoms with Gasteiger partial charge in [-0.2, -0.15) is 0 Å². The quantitative estimate of drug-likeness (QED) is 0.593. The van der Waals surface area contributed by atoms with E-state index in [0.717, 1.165) is 21.0 Å². The largest absolute Gasteiger partial charge is 0.355 e. The van der Waals surface area contributed by atoms with Crippen LogP contribution in [0.15, 0.2) is 42.5 Å². The van der Waals surface area contributed by atoms with Crippen LogP contribution >= 0.6 is 11.6 Å². The van der Waals surface area contributed by atoms with Gasteiger partial charge in [-0.15, -0.1) is 0 Å². The number of rotatable bonds is 9. The predicted molar refractivity (Wildman–Crippen MR) is 123 cm³/mol. The molecule has 0 aliphatic rings. The summed E-state index contributed by atoms with van der Waals surface area (Å²) in [4.78, 5) is 26.9. The molecule has 0 bridgehead atoms. The standard InChI is InChI=1S/C22H27ClFN3O4S/c1-5-25-22(29)16(3)26(13-17-8-6-7-9-20(17)24)21(28)14-27(32(4,30)31)18-11-10-15(2)19(23)12-18/h6-12,16H,5,13-14H2,1-4H3,(H,25,29)/t16-/m1/s1. The lowest BCUT2D eigenvalue weighted by molar-refractivity contribution is -0.139. The maximum Gasteiger partial charge on any atom is 0.244 e. The molecule has 10 heteroatoms. The van der Waals surface area contributed by atoms with Crippen molar-refractivity contribution >= 4 is 39.1 Å². The van der Waals surface area contributed by atoms with Crippen LogP contribution in [0.3, 0.4) is 0 Å². The van der Waals surface area contributed by atoms with Crippen LogP contribution in [0.4, 0.5) is 10.1 Å². The molecule has 174 valence electrons. The van der Waals surface area contributed by atoms with Crippen molar-refractivity contribution in [2.75, 3.05) is 23.7 Å². The van der Waals surface area contributed by atoms with Crippen molar-refractivity contribution in [2.24, 2.45) is 0 Å². The number of carbonyl (C=O) groups excluding carboxylic acids is 2. The van der Waals surface area contributed by atoms with Crippen LogP contribution < -0.4 is 9.62 Å². The van der Waals surface area contributed by atoms with Gasteiger partial charge in [0.05, 0.1) is 11.9 Å². The average Bonchev–Trinajstić information content (AvgIpc) is 2.72. The molecule has 0 unspecified atom stereocenters. The van der Waals surface area contributed by atoms with Gasteiger partial charge in [0.1, 0.15) is 18.4 Å². The third-order valence-electron chi connectivity index (χ3n) is 4.94. The number of halogens is 2. The number of hydrogen-bond donors (Lipinski definition) is 1. The van der Waals surface area contributed by atoms with Crippen molar-refractivity contribution in [3.05, 3.63) is 64.4 Å². The van der Waals surface area contributed by atoms with Crippen LogP contribution in [-0.4, -0.2) is 50.5 Å². The molecule has 7 nitrogen and oxygen atoms in total. The summed E-state index contributed by atoms with van der Waals surface area (Å²) >= 11 is 6.15. The Balaban J connectivity index is 2.42. The molecule has 2 rings (SSSR count). The summed E-state index contributed by atoms with van der Waals surface area (Å²) in [6, 6.07) is 9.60. The van der Waals surface area contributed by atoms with Crippen LogP contribution in [0.5, 0.6) is 0 Å². The second-order valence-corrected chi connectivity index (χ2v) is 9.70. The van der Waals surface area contributed by atoms with Gasteiger partial charge in [-0.25, -0.2) is 12.8 Å². The highest BCUT2D eigenvalue weighted by Crippen LogP contribution is 2.25. The number of aryl methyl sites for hydroxylation is 1. The van der Waals surface area contributed by atoms with Crippen LogP contribution in [-0.2, 0) is 26.2 Å². The minimum absolute atomic E-state index is 0.198. The van der Waals surface area contributed by atoms with E-state index in [1.807, 2.05) is 0 Å². The Morgan fingerprint density at radius 1 is 1.19 bits per heavy atom. The van der Waals surface area contributed by atoms with Gasteiger partial charge in [0.15, 0.2) is 0 Å². The highest BCUT2D eigenvalue weighted by atomic mass is 35.5. The zero-order valence-corrected chi connectivity index (χ0v) is 20.0. The molecule has 0 aliphatic carbocycles. The normalized spacial score (nSPS) is 12.2. The van der Waals surface area contributed by atoms with Crippen LogP contribution in [0.1, 0.15) is 25.0 Å².